The Kier molecular flexibility index (Phi) is 5.35. The minimum atomic E-state index is -3.34. The predicted molar refractivity (Wildman–Crippen MR) is 90.6 cm³/mol. The van der Waals surface area contributed by atoms with Crippen LogP contribution in [-0.4, -0.2) is 55.2 Å². The molecule has 8 heteroatoms. The summed E-state index contributed by atoms with van der Waals surface area (Å²) in [6.07, 6.45) is 1.47. The van der Waals surface area contributed by atoms with Crippen LogP contribution in [0.25, 0.3) is 0 Å². The van der Waals surface area contributed by atoms with Crippen molar-refractivity contribution < 1.29 is 13.2 Å². The van der Waals surface area contributed by atoms with E-state index in [1.165, 1.54) is 4.31 Å². The van der Waals surface area contributed by atoms with Gasteiger partial charge in [0.1, 0.15) is 0 Å². The molecule has 1 saturated carbocycles. The zero-order chi connectivity index (χ0) is 15.8. The van der Waals surface area contributed by atoms with E-state index in [4.69, 9.17) is 5.73 Å². The molecule has 2 aliphatic rings. The van der Waals surface area contributed by atoms with Gasteiger partial charge in [-0.3, -0.25) is 4.79 Å². The fourth-order valence-corrected chi connectivity index (χ4v) is 4.22. The van der Waals surface area contributed by atoms with Gasteiger partial charge in [0.2, 0.25) is 15.9 Å². The fourth-order valence-electron chi connectivity index (χ4n) is 2.71. The zero-order valence-electron chi connectivity index (χ0n) is 12.8. The van der Waals surface area contributed by atoms with Crippen LogP contribution < -0.4 is 5.73 Å². The molecule has 0 atom stereocenters. The largest absolute Gasteiger partial charge is 0.338 e. The van der Waals surface area contributed by atoms with Crippen molar-refractivity contribution >= 4 is 28.3 Å². The molecule has 1 heterocycles. The second-order valence-electron chi connectivity index (χ2n) is 6.09. The van der Waals surface area contributed by atoms with Gasteiger partial charge in [-0.1, -0.05) is 30.3 Å². The van der Waals surface area contributed by atoms with Gasteiger partial charge in [-0.15, -0.1) is 12.4 Å². The van der Waals surface area contributed by atoms with Crippen LogP contribution in [0.3, 0.4) is 0 Å². The first kappa shape index (κ1) is 18.2. The quantitative estimate of drug-likeness (QED) is 0.852. The van der Waals surface area contributed by atoms with E-state index < -0.39 is 15.6 Å². The average molecular weight is 360 g/mol. The van der Waals surface area contributed by atoms with E-state index in [0.717, 1.165) is 18.4 Å². The average Bonchev–Trinajstić information content (AvgIpc) is 3.26. The first-order chi connectivity index (χ1) is 10.4. The number of rotatable bonds is 4. The number of piperazine rings is 1. The number of nitrogens with two attached hydrogens (primary N) is 1. The molecule has 0 aromatic heterocycles. The third-order valence-corrected chi connectivity index (χ3v) is 6.18. The van der Waals surface area contributed by atoms with E-state index in [0.29, 0.717) is 26.2 Å². The first-order valence-corrected chi connectivity index (χ1v) is 9.12. The number of nitrogens with zero attached hydrogens (tertiary/aromatic N) is 2. The van der Waals surface area contributed by atoms with E-state index in [-0.39, 0.29) is 24.1 Å². The van der Waals surface area contributed by atoms with Gasteiger partial charge >= 0.3 is 0 Å². The second-order valence-corrected chi connectivity index (χ2v) is 8.06. The number of carbonyl (C=O) groups is 1. The number of hydrogen-bond donors (Lipinski definition) is 1. The van der Waals surface area contributed by atoms with Crippen LogP contribution in [0.5, 0.6) is 0 Å². The number of benzene rings is 1. The Hall–Kier alpha value is -1.15. The highest BCUT2D eigenvalue weighted by atomic mass is 35.5. The molecule has 1 aromatic carbocycles. The highest BCUT2D eigenvalue weighted by Crippen LogP contribution is 2.34. The minimum Gasteiger partial charge on any atom is -0.338 e. The SMILES string of the molecule is Cl.NC1(C(=O)N2CCN(S(=O)(=O)Cc3ccccc3)CC2)CC1. The summed E-state index contributed by atoms with van der Waals surface area (Å²) in [5.41, 5.74) is 6.02. The Morgan fingerprint density at radius 2 is 1.65 bits per heavy atom. The Morgan fingerprint density at radius 3 is 2.17 bits per heavy atom. The third-order valence-electron chi connectivity index (χ3n) is 4.33. The normalized spacial score (nSPS) is 20.7. The molecule has 0 spiro atoms. The van der Waals surface area contributed by atoms with Crippen LogP contribution in [0, 0.1) is 0 Å². The van der Waals surface area contributed by atoms with Crippen LogP contribution in [0.4, 0.5) is 0 Å². The smallest absolute Gasteiger partial charge is 0.242 e. The zero-order valence-corrected chi connectivity index (χ0v) is 14.5. The standard InChI is InChI=1S/C15H21N3O3S.ClH/c16-15(6-7-15)14(19)17-8-10-18(11-9-17)22(20,21)12-13-4-2-1-3-5-13;/h1-5H,6-12,16H2;1H. The van der Waals surface area contributed by atoms with Crippen LogP contribution >= 0.6 is 12.4 Å². The minimum absolute atomic E-state index is 0. The maximum atomic E-state index is 12.4. The Morgan fingerprint density at radius 1 is 1.09 bits per heavy atom. The molecular formula is C15H22ClN3O3S. The van der Waals surface area contributed by atoms with Crippen LogP contribution in [0.15, 0.2) is 30.3 Å². The molecule has 0 unspecified atom stereocenters. The summed E-state index contributed by atoms with van der Waals surface area (Å²) in [6.45, 7) is 1.53. The lowest BCUT2D eigenvalue weighted by Crippen LogP contribution is -2.55. The van der Waals surface area contributed by atoms with Crippen molar-refractivity contribution in [2.24, 2.45) is 5.73 Å². The first-order valence-electron chi connectivity index (χ1n) is 7.51. The summed E-state index contributed by atoms with van der Waals surface area (Å²) >= 11 is 0. The molecule has 2 N–H and O–H groups in total. The summed E-state index contributed by atoms with van der Waals surface area (Å²) in [5.74, 6) is -0.0320. The van der Waals surface area contributed by atoms with Gasteiger partial charge in [-0.25, -0.2) is 8.42 Å². The van der Waals surface area contributed by atoms with Gasteiger partial charge in [0.15, 0.2) is 0 Å². The van der Waals surface area contributed by atoms with Crippen LogP contribution in [0.1, 0.15) is 18.4 Å². The van der Waals surface area contributed by atoms with Crippen molar-refractivity contribution in [2.45, 2.75) is 24.1 Å². The number of carbonyl (C=O) groups excluding carboxylic acids is 1. The van der Waals surface area contributed by atoms with Gasteiger partial charge in [0.25, 0.3) is 0 Å². The van der Waals surface area contributed by atoms with E-state index in [9.17, 15) is 13.2 Å². The number of sulfonamides is 1. The monoisotopic (exact) mass is 359 g/mol. The van der Waals surface area contributed by atoms with Crippen molar-refractivity contribution in [1.82, 2.24) is 9.21 Å². The van der Waals surface area contributed by atoms with E-state index in [1.54, 1.807) is 4.90 Å². The van der Waals surface area contributed by atoms with Gasteiger partial charge in [0.05, 0.1) is 11.3 Å². The Labute approximate surface area is 143 Å². The van der Waals surface area contributed by atoms with Gasteiger partial charge in [0, 0.05) is 26.2 Å². The number of amides is 1. The van der Waals surface area contributed by atoms with Gasteiger partial charge in [-0.2, -0.15) is 4.31 Å². The molecule has 128 valence electrons. The predicted octanol–water partition coefficient (Wildman–Crippen LogP) is 0.574. The lowest BCUT2D eigenvalue weighted by molar-refractivity contribution is -0.134. The second kappa shape index (κ2) is 6.76. The molecule has 6 nitrogen and oxygen atoms in total. The molecule has 1 aliphatic heterocycles. The number of hydrogen-bond acceptors (Lipinski definition) is 4. The van der Waals surface area contributed by atoms with Crippen molar-refractivity contribution in [3.8, 4) is 0 Å². The molecule has 1 aliphatic carbocycles. The lowest BCUT2D eigenvalue weighted by Gasteiger charge is -2.35. The topological polar surface area (TPSA) is 83.7 Å². The fraction of sp³-hybridized carbons (Fsp3) is 0.533. The van der Waals surface area contributed by atoms with E-state index in [2.05, 4.69) is 0 Å². The maximum Gasteiger partial charge on any atom is 0.242 e. The molecule has 23 heavy (non-hydrogen) atoms. The van der Waals surface area contributed by atoms with Crippen molar-refractivity contribution in [3.63, 3.8) is 0 Å². The Balaban J connectivity index is 0.00000192. The molecule has 1 saturated heterocycles. The van der Waals surface area contributed by atoms with Gasteiger partial charge in [-0.05, 0) is 18.4 Å². The summed E-state index contributed by atoms with van der Waals surface area (Å²) in [4.78, 5) is 13.9. The summed E-state index contributed by atoms with van der Waals surface area (Å²) < 4.78 is 26.3. The Bertz CT molecular complexity index is 654. The maximum absolute atomic E-state index is 12.4. The van der Waals surface area contributed by atoms with Crippen molar-refractivity contribution in [2.75, 3.05) is 26.2 Å². The number of halogens is 1. The summed E-state index contributed by atoms with van der Waals surface area (Å²) in [7, 11) is -3.34. The van der Waals surface area contributed by atoms with E-state index in [1.807, 2.05) is 30.3 Å². The van der Waals surface area contributed by atoms with Crippen molar-refractivity contribution in [3.05, 3.63) is 35.9 Å². The van der Waals surface area contributed by atoms with E-state index >= 15 is 0 Å². The van der Waals surface area contributed by atoms with Crippen LogP contribution in [0.2, 0.25) is 0 Å². The lowest BCUT2D eigenvalue weighted by atomic mass is 10.2. The molecule has 1 aromatic rings. The van der Waals surface area contributed by atoms with Crippen LogP contribution in [-0.2, 0) is 20.6 Å². The molecule has 3 rings (SSSR count). The molecule has 1 amide bonds. The summed E-state index contributed by atoms with van der Waals surface area (Å²) in [6, 6.07) is 9.14. The molecule has 0 radical (unpaired) electrons. The molecular weight excluding hydrogens is 338 g/mol. The third kappa shape index (κ3) is 4.03. The molecule has 2 fully saturated rings. The van der Waals surface area contributed by atoms with Gasteiger partial charge < -0.3 is 10.6 Å². The summed E-state index contributed by atoms with van der Waals surface area (Å²) in [5, 5.41) is 0. The highest BCUT2D eigenvalue weighted by Gasteiger charge is 2.48. The van der Waals surface area contributed by atoms with Crippen molar-refractivity contribution in [1.29, 1.82) is 0 Å². The molecule has 0 bridgehead atoms. The highest BCUT2D eigenvalue weighted by molar-refractivity contribution is 7.88.